The molecule has 13 heavy (non-hydrogen) atoms. The first kappa shape index (κ1) is 10.5. The van der Waals surface area contributed by atoms with Gasteiger partial charge in [-0.05, 0) is 25.2 Å². The topological polar surface area (TPSA) is 27.0 Å². The molecule has 0 aromatic heterocycles. The molecule has 0 aromatic carbocycles. The van der Waals surface area contributed by atoms with Crippen LogP contribution in [0.4, 0.5) is 0 Å². The molecule has 1 saturated heterocycles. The molecule has 1 aliphatic rings. The fourth-order valence-corrected chi connectivity index (χ4v) is 2.33. The third-order valence-electron chi connectivity index (χ3n) is 2.91. The van der Waals surface area contributed by atoms with Crippen molar-refractivity contribution >= 4 is 0 Å². The number of piperidine rings is 1. The lowest BCUT2D eigenvalue weighted by molar-refractivity contribution is 0.105. The molecule has 3 unspecified atom stereocenters. The normalized spacial score (nSPS) is 32.5. The monoisotopic (exact) mass is 180 g/mol. The predicted molar refractivity (Wildman–Crippen MR) is 54.2 cm³/mol. The minimum absolute atomic E-state index is 0.440. The highest BCUT2D eigenvalue weighted by Gasteiger charge is 2.24. The van der Waals surface area contributed by atoms with Crippen LogP contribution >= 0.6 is 0 Å². The number of hydrogen-bond donors (Lipinski definition) is 0. The third kappa shape index (κ3) is 3.00. The fourth-order valence-electron chi connectivity index (χ4n) is 2.33. The average molecular weight is 180 g/mol. The Morgan fingerprint density at radius 1 is 1.38 bits per heavy atom. The summed E-state index contributed by atoms with van der Waals surface area (Å²) in [5, 5.41) is 8.62. The number of likely N-dealkylation sites (tertiary alicyclic amines) is 1. The third-order valence-corrected chi connectivity index (χ3v) is 2.91. The standard InChI is InChI=1S/C11H20N2/c1-9-6-10(2)8-13(7-9)11(3)4-5-12/h9-11H,4,6-8H2,1-3H3. The highest BCUT2D eigenvalue weighted by molar-refractivity contribution is 4.84. The van der Waals surface area contributed by atoms with E-state index in [0.29, 0.717) is 12.5 Å². The summed E-state index contributed by atoms with van der Waals surface area (Å²) in [5.74, 6) is 1.59. The van der Waals surface area contributed by atoms with Gasteiger partial charge in [0.1, 0.15) is 0 Å². The van der Waals surface area contributed by atoms with Crippen molar-refractivity contribution in [2.24, 2.45) is 11.8 Å². The van der Waals surface area contributed by atoms with Crippen molar-refractivity contribution in [3.63, 3.8) is 0 Å². The molecule has 1 aliphatic heterocycles. The van der Waals surface area contributed by atoms with E-state index in [9.17, 15) is 0 Å². The van der Waals surface area contributed by atoms with Gasteiger partial charge in [0.15, 0.2) is 0 Å². The van der Waals surface area contributed by atoms with Crippen LogP contribution in [0, 0.1) is 23.2 Å². The number of nitriles is 1. The maximum absolute atomic E-state index is 8.62. The van der Waals surface area contributed by atoms with Gasteiger partial charge in [0.05, 0.1) is 12.5 Å². The molecule has 0 bridgehead atoms. The smallest absolute Gasteiger partial charge is 0.0638 e. The number of hydrogen-bond acceptors (Lipinski definition) is 2. The molecule has 0 aromatic rings. The molecule has 3 atom stereocenters. The lowest BCUT2D eigenvalue weighted by Crippen LogP contribution is -2.43. The van der Waals surface area contributed by atoms with Crippen LogP contribution in [0.15, 0.2) is 0 Å². The highest BCUT2D eigenvalue weighted by Crippen LogP contribution is 2.23. The van der Waals surface area contributed by atoms with Crippen LogP contribution < -0.4 is 0 Å². The van der Waals surface area contributed by atoms with E-state index < -0.39 is 0 Å². The van der Waals surface area contributed by atoms with Gasteiger partial charge in [0, 0.05) is 19.1 Å². The minimum Gasteiger partial charge on any atom is -0.299 e. The first-order valence-corrected chi connectivity index (χ1v) is 5.24. The SMILES string of the molecule is CC1CC(C)CN(C(C)CC#N)C1. The maximum atomic E-state index is 8.62. The molecular formula is C11H20N2. The van der Waals surface area contributed by atoms with Gasteiger partial charge in [-0.15, -0.1) is 0 Å². The van der Waals surface area contributed by atoms with Crippen LogP contribution in [0.2, 0.25) is 0 Å². The molecule has 0 radical (unpaired) electrons. The van der Waals surface area contributed by atoms with Crippen molar-refractivity contribution in [2.45, 2.75) is 39.7 Å². The molecule has 2 nitrogen and oxygen atoms in total. The molecule has 2 heteroatoms. The Morgan fingerprint density at radius 2 is 1.92 bits per heavy atom. The van der Waals surface area contributed by atoms with Crippen molar-refractivity contribution in [2.75, 3.05) is 13.1 Å². The van der Waals surface area contributed by atoms with Crippen molar-refractivity contribution in [1.82, 2.24) is 4.90 Å². The van der Waals surface area contributed by atoms with Gasteiger partial charge in [-0.25, -0.2) is 0 Å². The van der Waals surface area contributed by atoms with Crippen molar-refractivity contribution in [3.05, 3.63) is 0 Å². The van der Waals surface area contributed by atoms with Gasteiger partial charge in [-0.2, -0.15) is 5.26 Å². The van der Waals surface area contributed by atoms with Gasteiger partial charge in [0.2, 0.25) is 0 Å². The first-order valence-electron chi connectivity index (χ1n) is 5.24. The Bertz CT molecular complexity index is 185. The average Bonchev–Trinajstić information content (AvgIpc) is 2.03. The van der Waals surface area contributed by atoms with Crippen LogP contribution in [0.25, 0.3) is 0 Å². The molecular weight excluding hydrogens is 160 g/mol. The second-order valence-electron chi connectivity index (χ2n) is 4.61. The highest BCUT2D eigenvalue weighted by atomic mass is 15.2. The van der Waals surface area contributed by atoms with Crippen LogP contribution in [0.1, 0.15) is 33.6 Å². The summed E-state index contributed by atoms with van der Waals surface area (Å²) in [6.07, 6.45) is 2.01. The lowest BCUT2D eigenvalue weighted by atomic mass is 9.91. The predicted octanol–water partition coefficient (Wildman–Crippen LogP) is 2.27. The summed E-state index contributed by atoms with van der Waals surface area (Å²) in [4.78, 5) is 2.46. The van der Waals surface area contributed by atoms with E-state index >= 15 is 0 Å². The largest absolute Gasteiger partial charge is 0.299 e. The van der Waals surface area contributed by atoms with E-state index in [1.807, 2.05) is 0 Å². The zero-order chi connectivity index (χ0) is 9.84. The van der Waals surface area contributed by atoms with E-state index in [1.54, 1.807) is 0 Å². The summed E-state index contributed by atoms with van der Waals surface area (Å²) >= 11 is 0. The molecule has 0 N–H and O–H groups in total. The molecule has 0 aliphatic carbocycles. The van der Waals surface area contributed by atoms with Crippen LogP contribution in [-0.4, -0.2) is 24.0 Å². The van der Waals surface area contributed by atoms with Crippen molar-refractivity contribution in [1.29, 1.82) is 5.26 Å². The van der Waals surface area contributed by atoms with Gasteiger partial charge in [0.25, 0.3) is 0 Å². The summed E-state index contributed by atoms with van der Waals surface area (Å²) in [6, 6.07) is 2.69. The minimum atomic E-state index is 0.440. The number of nitrogens with zero attached hydrogens (tertiary/aromatic N) is 2. The van der Waals surface area contributed by atoms with Gasteiger partial charge in [-0.1, -0.05) is 13.8 Å². The zero-order valence-electron chi connectivity index (χ0n) is 8.95. The van der Waals surface area contributed by atoms with Gasteiger partial charge >= 0.3 is 0 Å². The summed E-state index contributed by atoms with van der Waals surface area (Å²) < 4.78 is 0. The second kappa shape index (κ2) is 4.62. The maximum Gasteiger partial charge on any atom is 0.0638 e. The molecule has 74 valence electrons. The lowest BCUT2D eigenvalue weighted by Gasteiger charge is -2.38. The summed E-state index contributed by atoms with van der Waals surface area (Å²) in [5.41, 5.74) is 0. The Hall–Kier alpha value is -0.550. The Balaban J connectivity index is 2.45. The van der Waals surface area contributed by atoms with E-state index in [0.717, 1.165) is 11.8 Å². The van der Waals surface area contributed by atoms with E-state index in [-0.39, 0.29) is 0 Å². The summed E-state index contributed by atoms with van der Waals surface area (Å²) in [7, 11) is 0. The zero-order valence-corrected chi connectivity index (χ0v) is 8.95. The molecule has 1 fully saturated rings. The van der Waals surface area contributed by atoms with Crippen LogP contribution in [0.3, 0.4) is 0 Å². The van der Waals surface area contributed by atoms with Crippen molar-refractivity contribution in [3.8, 4) is 6.07 Å². The van der Waals surface area contributed by atoms with E-state index in [4.69, 9.17) is 5.26 Å². The molecule has 0 spiro atoms. The Morgan fingerprint density at radius 3 is 2.38 bits per heavy atom. The second-order valence-corrected chi connectivity index (χ2v) is 4.61. The summed E-state index contributed by atoms with van der Waals surface area (Å²) in [6.45, 7) is 9.12. The van der Waals surface area contributed by atoms with Crippen LogP contribution in [0.5, 0.6) is 0 Å². The first-order chi connectivity index (χ1) is 6.13. The van der Waals surface area contributed by atoms with E-state index in [1.165, 1.54) is 19.5 Å². The van der Waals surface area contributed by atoms with Gasteiger partial charge in [-0.3, -0.25) is 4.90 Å². The Labute approximate surface area is 81.5 Å². The number of rotatable bonds is 2. The van der Waals surface area contributed by atoms with Crippen molar-refractivity contribution < 1.29 is 0 Å². The quantitative estimate of drug-likeness (QED) is 0.652. The fraction of sp³-hybridized carbons (Fsp3) is 0.909. The van der Waals surface area contributed by atoms with E-state index in [2.05, 4.69) is 31.7 Å². The Kier molecular flexibility index (Phi) is 3.74. The molecule has 0 saturated carbocycles. The molecule has 1 rings (SSSR count). The molecule has 0 amide bonds. The van der Waals surface area contributed by atoms with Gasteiger partial charge < -0.3 is 0 Å². The molecule has 1 heterocycles. The van der Waals surface area contributed by atoms with Crippen LogP contribution in [-0.2, 0) is 0 Å².